The van der Waals surface area contributed by atoms with Crippen LogP contribution in [-0.4, -0.2) is 30.2 Å². The van der Waals surface area contributed by atoms with Gasteiger partial charge < -0.3 is 0 Å². The Morgan fingerprint density at radius 2 is 1.90 bits per heavy atom. The van der Waals surface area contributed by atoms with E-state index in [9.17, 15) is 13.7 Å². The number of nitrogens with zero attached hydrogens (tertiary/aromatic N) is 2. The quantitative estimate of drug-likeness (QED) is 0.755. The maximum atomic E-state index is 12.8. The van der Waals surface area contributed by atoms with Gasteiger partial charge in [-0.3, -0.25) is 0 Å². The molecule has 1 fully saturated rings. The van der Waals surface area contributed by atoms with Gasteiger partial charge in [-0.2, -0.15) is 9.57 Å². The van der Waals surface area contributed by atoms with Gasteiger partial charge in [0.05, 0.1) is 11.0 Å². The Morgan fingerprint density at radius 1 is 1.33 bits per heavy atom. The summed E-state index contributed by atoms with van der Waals surface area (Å²) in [5.74, 6) is 0.502. The first kappa shape index (κ1) is 16.3. The Labute approximate surface area is 131 Å². The highest BCUT2D eigenvalue weighted by molar-refractivity contribution is 7.89. The van der Waals surface area contributed by atoms with E-state index in [0.29, 0.717) is 12.3 Å². The van der Waals surface area contributed by atoms with Gasteiger partial charge in [0.2, 0.25) is 10.0 Å². The summed E-state index contributed by atoms with van der Waals surface area (Å²) in [5.41, 5.74) is -0.0455. The lowest BCUT2D eigenvalue weighted by Crippen LogP contribution is -2.48. The van der Waals surface area contributed by atoms with Crippen LogP contribution < -0.4 is 0 Å². The number of nitriles is 1. The van der Waals surface area contributed by atoms with Crippen LogP contribution in [0.3, 0.4) is 0 Å². The van der Waals surface area contributed by atoms with Crippen molar-refractivity contribution in [2.24, 2.45) is 0 Å². The molecule has 0 aliphatic heterocycles. The monoisotopic (exact) mass is 326 g/mol. The van der Waals surface area contributed by atoms with Crippen molar-refractivity contribution in [3.8, 4) is 6.07 Å². The molecule has 1 aliphatic rings. The van der Waals surface area contributed by atoms with Gasteiger partial charge in [-0.05, 0) is 50.8 Å². The molecule has 1 saturated carbocycles. The number of alkyl halides is 1. The molecule has 2 rings (SSSR count). The molecule has 1 aliphatic carbocycles. The van der Waals surface area contributed by atoms with E-state index in [1.54, 1.807) is 38.1 Å². The summed E-state index contributed by atoms with van der Waals surface area (Å²) in [4.78, 5) is 0.232. The highest BCUT2D eigenvalue weighted by atomic mass is 35.5. The van der Waals surface area contributed by atoms with Crippen molar-refractivity contribution in [2.75, 3.05) is 5.88 Å². The van der Waals surface area contributed by atoms with Crippen LogP contribution in [0.4, 0.5) is 0 Å². The van der Waals surface area contributed by atoms with E-state index in [4.69, 9.17) is 11.6 Å². The van der Waals surface area contributed by atoms with E-state index in [-0.39, 0.29) is 10.9 Å². The zero-order valence-electron chi connectivity index (χ0n) is 12.2. The van der Waals surface area contributed by atoms with Crippen LogP contribution in [0.2, 0.25) is 0 Å². The molecule has 0 aromatic heterocycles. The van der Waals surface area contributed by atoms with E-state index in [2.05, 4.69) is 6.07 Å². The molecular weight excluding hydrogens is 308 g/mol. The standard InChI is InChI=1S/C15H19ClN2O2S/c1-15(2,11-17)18(13-5-6-13)21(19,20)14-7-3-12(4-8-14)9-10-16/h3-4,7-8,13H,5-6,9-10H2,1-2H3. The number of benzene rings is 1. The number of halogens is 1. The van der Waals surface area contributed by atoms with E-state index in [0.717, 1.165) is 18.4 Å². The highest BCUT2D eigenvalue weighted by Gasteiger charge is 2.46. The normalized spacial score (nSPS) is 16.0. The second-order valence-corrected chi connectivity index (χ2v) is 7.98. The molecule has 0 spiro atoms. The fourth-order valence-electron chi connectivity index (χ4n) is 2.36. The molecule has 0 amide bonds. The molecule has 4 nitrogen and oxygen atoms in total. The van der Waals surface area contributed by atoms with E-state index in [1.807, 2.05) is 0 Å². The molecule has 6 heteroatoms. The number of rotatable bonds is 6. The van der Waals surface area contributed by atoms with Crippen molar-refractivity contribution >= 4 is 21.6 Å². The van der Waals surface area contributed by atoms with Crippen molar-refractivity contribution in [1.82, 2.24) is 4.31 Å². The van der Waals surface area contributed by atoms with Crippen LogP contribution in [0, 0.1) is 11.3 Å². The zero-order valence-corrected chi connectivity index (χ0v) is 13.8. The third-order valence-corrected chi connectivity index (χ3v) is 5.90. The van der Waals surface area contributed by atoms with Crippen LogP contribution in [0.1, 0.15) is 32.3 Å². The van der Waals surface area contributed by atoms with Gasteiger partial charge in [0.1, 0.15) is 5.54 Å². The molecule has 0 unspecified atom stereocenters. The van der Waals surface area contributed by atoms with Crippen LogP contribution >= 0.6 is 11.6 Å². The van der Waals surface area contributed by atoms with Crippen molar-refractivity contribution in [1.29, 1.82) is 5.26 Å². The van der Waals surface area contributed by atoms with E-state index in [1.165, 1.54) is 4.31 Å². The SMILES string of the molecule is CC(C)(C#N)N(C1CC1)S(=O)(=O)c1ccc(CCCl)cc1. The minimum absolute atomic E-state index is 0.0628. The molecule has 0 N–H and O–H groups in total. The fraction of sp³-hybridized carbons (Fsp3) is 0.533. The van der Waals surface area contributed by atoms with Gasteiger partial charge in [-0.15, -0.1) is 11.6 Å². The lowest BCUT2D eigenvalue weighted by atomic mass is 10.1. The van der Waals surface area contributed by atoms with Crippen LogP contribution in [0.15, 0.2) is 29.2 Å². The second kappa shape index (κ2) is 5.96. The molecule has 0 bridgehead atoms. The van der Waals surface area contributed by atoms with Crippen molar-refractivity contribution < 1.29 is 8.42 Å². The fourth-order valence-corrected chi connectivity index (χ4v) is 4.53. The number of hydrogen-bond donors (Lipinski definition) is 0. The minimum atomic E-state index is -3.66. The van der Waals surface area contributed by atoms with Gasteiger partial charge in [0.25, 0.3) is 0 Å². The minimum Gasteiger partial charge on any atom is -0.207 e. The molecular formula is C15H19ClN2O2S. The Kier molecular flexibility index (Phi) is 4.62. The number of aryl methyl sites for hydroxylation is 1. The van der Waals surface area contributed by atoms with Gasteiger partial charge in [0, 0.05) is 11.9 Å². The Morgan fingerprint density at radius 3 is 2.33 bits per heavy atom. The van der Waals surface area contributed by atoms with E-state index < -0.39 is 15.6 Å². The predicted molar refractivity (Wildman–Crippen MR) is 82.6 cm³/mol. The number of hydrogen-bond acceptors (Lipinski definition) is 3. The Balaban J connectivity index is 2.37. The summed E-state index contributed by atoms with van der Waals surface area (Å²) in [5, 5.41) is 9.29. The van der Waals surface area contributed by atoms with Gasteiger partial charge in [0.15, 0.2) is 0 Å². The van der Waals surface area contributed by atoms with Crippen LogP contribution in [0.5, 0.6) is 0 Å². The smallest absolute Gasteiger partial charge is 0.207 e. The molecule has 114 valence electrons. The summed E-state index contributed by atoms with van der Waals surface area (Å²) in [6.45, 7) is 3.29. The summed E-state index contributed by atoms with van der Waals surface area (Å²) >= 11 is 5.68. The molecule has 1 aromatic carbocycles. The van der Waals surface area contributed by atoms with Crippen molar-refractivity contribution in [2.45, 2.75) is 49.6 Å². The summed E-state index contributed by atoms with van der Waals surface area (Å²) < 4.78 is 27.0. The third kappa shape index (κ3) is 3.39. The van der Waals surface area contributed by atoms with Crippen molar-refractivity contribution in [3.05, 3.63) is 29.8 Å². The van der Waals surface area contributed by atoms with E-state index >= 15 is 0 Å². The Hall–Kier alpha value is -1.09. The first-order valence-electron chi connectivity index (χ1n) is 6.93. The maximum Gasteiger partial charge on any atom is 0.244 e. The lowest BCUT2D eigenvalue weighted by Gasteiger charge is -2.32. The molecule has 21 heavy (non-hydrogen) atoms. The van der Waals surface area contributed by atoms with Gasteiger partial charge in [-0.25, -0.2) is 8.42 Å². The molecule has 0 radical (unpaired) electrons. The Bertz CT molecular complexity index is 643. The third-order valence-electron chi connectivity index (χ3n) is 3.57. The number of sulfonamides is 1. The molecule has 0 atom stereocenters. The summed E-state index contributed by atoms with van der Waals surface area (Å²) in [6.07, 6.45) is 2.33. The van der Waals surface area contributed by atoms with Crippen LogP contribution in [-0.2, 0) is 16.4 Å². The first-order valence-corrected chi connectivity index (χ1v) is 8.91. The highest BCUT2D eigenvalue weighted by Crippen LogP contribution is 2.37. The largest absolute Gasteiger partial charge is 0.244 e. The first-order chi connectivity index (χ1) is 9.82. The average Bonchev–Trinajstić information content (AvgIpc) is 3.24. The summed E-state index contributed by atoms with van der Waals surface area (Å²) in [7, 11) is -3.66. The lowest BCUT2D eigenvalue weighted by molar-refractivity contribution is 0.280. The van der Waals surface area contributed by atoms with Crippen LogP contribution in [0.25, 0.3) is 0 Å². The maximum absolute atomic E-state index is 12.8. The molecule has 1 aromatic rings. The van der Waals surface area contributed by atoms with Gasteiger partial charge >= 0.3 is 0 Å². The molecule has 0 heterocycles. The topological polar surface area (TPSA) is 61.2 Å². The van der Waals surface area contributed by atoms with Crippen molar-refractivity contribution in [3.63, 3.8) is 0 Å². The average molecular weight is 327 g/mol. The molecule has 0 saturated heterocycles. The zero-order chi connectivity index (χ0) is 15.7. The summed E-state index contributed by atoms with van der Waals surface area (Å²) in [6, 6.07) is 8.79. The second-order valence-electron chi connectivity index (χ2n) is 5.79. The predicted octanol–water partition coefficient (Wildman–Crippen LogP) is 2.92. The van der Waals surface area contributed by atoms with Gasteiger partial charge in [-0.1, -0.05) is 12.1 Å².